The largest absolute Gasteiger partial charge is 0.493 e. The first-order valence-corrected chi connectivity index (χ1v) is 20.1. The van der Waals surface area contributed by atoms with Gasteiger partial charge in [-0.05, 0) is 76.3 Å². The molecular weight excluding hydrogens is 564 g/mol. The molecule has 0 fully saturated rings. The molecule has 3 nitrogen and oxygen atoms in total. The fourth-order valence-corrected chi connectivity index (χ4v) is 5.96. The summed E-state index contributed by atoms with van der Waals surface area (Å²) in [5, 5.41) is 9.76. The highest BCUT2D eigenvalue weighted by Crippen LogP contribution is 2.26. The third-order valence-corrected chi connectivity index (χ3v) is 9.05. The van der Waals surface area contributed by atoms with Crippen LogP contribution in [0.5, 0.6) is 11.5 Å². The van der Waals surface area contributed by atoms with Gasteiger partial charge in [-0.15, -0.1) is 0 Å². The molecule has 0 aliphatic carbocycles. The zero-order chi connectivity index (χ0) is 33.0. The van der Waals surface area contributed by atoms with E-state index in [1.165, 1.54) is 167 Å². The highest BCUT2D eigenvalue weighted by Gasteiger charge is 2.06. The van der Waals surface area contributed by atoms with Crippen LogP contribution in [0.3, 0.4) is 0 Å². The average molecular weight is 641 g/mol. The van der Waals surface area contributed by atoms with Crippen LogP contribution in [0, 0.1) is 0 Å². The Kier molecular flexibility index (Phi) is 31.8. The van der Waals surface area contributed by atoms with Crippen molar-refractivity contribution in [2.24, 2.45) is 0 Å². The Morgan fingerprint density at radius 3 is 1.24 bits per heavy atom. The number of benzene rings is 1. The van der Waals surface area contributed by atoms with Crippen LogP contribution >= 0.6 is 0 Å². The summed E-state index contributed by atoms with van der Waals surface area (Å²) in [5.74, 6) is 1.62. The lowest BCUT2D eigenvalue weighted by molar-refractivity contribution is 0.257. The number of hydrogen-bond acceptors (Lipinski definition) is 3. The number of allylic oxidation sites excluding steroid dienone is 4. The van der Waals surface area contributed by atoms with E-state index < -0.39 is 0 Å². The first-order valence-electron chi connectivity index (χ1n) is 20.1. The molecule has 1 N–H and O–H groups in total. The van der Waals surface area contributed by atoms with Crippen molar-refractivity contribution >= 4 is 0 Å². The van der Waals surface area contributed by atoms with Crippen LogP contribution in [-0.2, 0) is 6.61 Å². The highest BCUT2D eigenvalue weighted by molar-refractivity contribution is 5.40. The van der Waals surface area contributed by atoms with Crippen LogP contribution in [0.15, 0.2) is 42.5 Å². The summed E-state index contributed by atoms with van der Waals surface area (Å²) in [5.41, 5.74) is 0.842. The molecule has 0 saturated heterocycles. The van der Waals surface area contributed by atoms with Gasteiger partial charge in [-0.2, -0.15) is 0 Å². The predicted octanol–water partition coefficient (Wildman–Crippen LogP) is 14.0. The molecule has 0 spiro atoms. The second-order valence-corrected chi connectivity index (χ2v) is 13.5. The topological polar surface area (TPSA) is 38.7 Å². The van der Waals surface area contributed by atoms with E-state index in [0.29, 0.717) is 6.61 Å². The third kappa shape index (κ3) is 27.4. The molecule has 266 valence electrons. The van der Waals surface area contributed by atoms with Crippen molar-refractivity contribution in [3.05, 3.63) is 48.1 Å². The Balaban J connectivity index is 1.99. The van der Waals surface area contributed by atoms with Crippen molar-refractivity contribution in [1.82, 2.24) is 0 Å². The van der Waals surface area contributed by atoms with Crippen molar-refractivity contribution in [3.63, 3.8) is 0 Å². The van der Waals surface area contributed by atoms with Crippen LogP contribution in [0.4, 0.5) is 0 Å². The van der Waals surface area contributed by atoms with Gasteiger partial charge in [-0.3, -0.25) is 0 Å². The van der Waals surface area contributed by atoms with E-state index in [1.54, 1.807) is 0 Å². The third-order valence-electron chi connectivity index (χ3n) is 9.05. The summed E-state index contributed by atoms with van der Waals surface area (Å²) in [7, 11) is 0. The standard InChI is InChI=1S/C43H76O3/c1-3-5-7-9-11-13-15-17-19-21-23-25-27-29-31-33-37-45-42-36-35-41(40-44)43(39-42)46-38-34-32-30-28-26-24-22-20-18-16-14-12-10-8-6-4-2/h17-20,35-36,39,44H,3-16,21-34,37-38,40H2,1-2H3/b19-17-,20-18-. The summed E-state index contributed by atoms with van der Waals surface area (Å²) in [4.78, 5) is 0. The van der Waals surface area contributed by atoms with Crippen LogP contribution in [-0.4, -0.2) is 18.3 Å². The number of hydrogen-bond donors (Lipinski definition) is 1. The van der Waals surface area contributed by atoms with Crippen molar-refractivity contribution in [2.75, 3.05) is 13.2 Å². The van der Waals surface area contributed by atoms with Crippen LogP contribution in [0.2, 0.25) is 0 Å². The van der Waals surface area contributed by atoms with Gasteiger partial charge in [-0.25, -0.2) is 0 Å². The fraction of sp³-hybridized carbons (Fsp3) is 0.767. The Morgan fingerprint density at radius 2 is 0.826 bits per heavy atom. The van der Waals surface area contributed by atoms with Gasteiger partial charge < -0.3 is 14.6 Å². The Morgan fingerprint density at radius 1 is 0.457 bits per heavy atom. The van der Waals surface area contributed by atoms with Crippen molar-refractivity contribution in [2.45, 2.75) is 200 Å². The van der Waals surface area contributed by atoms with E-state index in [9.17, 15) is 5.11 Å². The van der Waals surface area contributed by atoms with Gasteiger partial charge in [0.25, 0.3) is 0 Å². The van der Waals surface area contributed by atoms with E-state index in [1.807, 2.05) is 18.2 Å². The predicted molar refractivity (Wildman–Crippen MR) is 202 cm³/mol. The minimum absolute atomic E-state index is 0.00205. The SMILES string of the molecule is CCCCCCCC/C=C\CCCCCCCCOc1ccc(CO)c(OCCCCCCCC/C=C\CCCCCCCC)c1. The number of ether oxygens (including phenoxy) is 2. The summed E-state index contributed by atoms with van der Waals surface area (Å²) in [6, 6.07) is 5.86. The van der Waals surface area contributed by atoms with Gasteiger partial charge in [0.1, 0.15) is 11.5 Å². The Labute approximate surface area is 287 Å². The maximum Gasteiger partial charge on any atom is 0.128 e. The van der Waals surface area contributed by atoms with Crippen molar-refractivity contribution < 1.29 is 14.6 Å². The lowest BCUT2D eigenvalue weighted by Gasteiger charge is -2.13. The second-order valence-electron chi connectivity index (χ2n) is 13.5. The number of aliphatic hydroxyl groups is 1. The fourth-order valence-electron chi connectivity index (χ4n) is 5.96. The zero-order valence-corrected chi connectivity index (χ0v) is 30.7. The van der Waals surface area contributed by atoms with Gasteiger partial charge in [0.05, 0.1) is 19.8 Å². The molecule has 0 radical (unpaired) electrons. The number of unbranched alkanes of at least 4 members (excludes halogenated alkanes) is 24. The Hall–Kier alpha value is -1.74. The molecule has 0 aliphatic rings. The second kappa shape index (κ2) is 34.6. The molecule has 0 bridgehead atoms. The monoisotopic (exact) mass is 641 g/mol. The van der Waals surface area contributed by atoms with Crippen LogP contribution < -0.4 is 9.47 Å². The quantitative estimate of drug-likeness (QED) is 0.0592. The molecule has 1 aromatic rings. The molecule has 1 rings (SSSR count). The molecule has 0 amide bonds. The maximum atomic E-state index is 9.76. The Bertz CT molecular complexity index is 814. The van der Waals surface area contributed by atoms with Gasteiger partial charge in [0.2, 0.25) is 0 Å². The lowest BCUT2D eigenvalue weighted by atomic mass is 10.1. The van der Waals surface area contributed by atoms with E-state index in [0.717, 1.165) is 36.5 Å². The first kappa shape index (κ1) is 42.3. The molecule has 1 aromatic carbocycles. The van der Waals surface area contributed by atoms with E-state index >= 15 is 0 Å². The molecule has 0 atom stereocenters. The van der Waals surface area contributed by atoms with Gasteiger partial charge in [0, 0.05) is 11.6 Å². The lowest BCUT2D eigenvalue weighted by Crippen LogP contribution is -2.02. The number of rotatable bonds is 35. The van der Waals surface area contributed by atoms with Crippen molar-refractivity contribution in [3.8, 4) is 11.5 Å². The van der Waals surface area contributed by atoms with Gasteiger partial charge in [0.15, 0.2) is 0 Å². The van der Waals surface area contributed by atoms with E-state index in [4.69, 9.17) is 9.47 Å². The van der Waals surface area contributed by atoms with E-state index in [2.05, 4.69) is 38.2 Å². The summed E-state index contributed by atoms with van der Waals surface area (Å²) in [6.45, 7) is 6.01. The molecule has 0 aromatic heterocycles. The molecule has 0 aliphatic heterocycles. The molecule has 46 heavy (non-hydrogen) atoms. The zero-order valence-electron chi connectivity index (χ0n) is 30.7. The molecule has 0 saturated carbocycles. The molecular formula is C43H76O3. The molecule has 0 heterocycles. The summed E-state index contributed by atoms with van der Waals surface area (Å²) in [6.07, 6.45) is 46.3. The molecule has 3 heteroatoms. The smallest absolute Gasteiger partial charge is 0.128 e. The summed E-state index contributed by atoms with van der Waals surface area (Å²) >= 11 is 0. The maximum absolute atomic E-state index is 9.76. The minimum atomic E-state index is -0.00205. The average Bonchev–Trinajstić information content (AvgIpc) is 3.07. The first-order chi connectivity index (χ1) is 22.8. The minimum Gasteiger partial charge on any atom is -0.493 e. The van der Waals surface area contributed by atoms with Crippen molar-refractivity contribution in [1.29, 1.82) is 0 Å². The van der Waals surface area contributed by atoms with Gasteiger partial charge in [-0.1, -0.05) is 154 Å². The summed E-state index contributed by atoms with van der Waals surface area (Å²) < 4.78 is 12.1. The van der Waals surface area contributed by atoms with Crippen LogP contribution in [0.1, 0.15) is 199 Å². The highest BCUT2D eigenvalue weighted by atomic mass is 16.5. The number of aliphatic hydroxyl groups excluding tert-OH is 1. The van der Waals surface area contributed by atoms with Gasteiger partial charge >= 0.3 is 0 Å². The normalized spacial score (nSPS) is 11.7. The van der Waals surface area contributed by atoms with Crippen LogP contribution in [0.25, 0.3) is 0 Å². The molecule has 0 unspecified atom stereocenters. The van der Waals surface area contributed by atoms with E-state index in [-0.39, 0.29) is 6.61 Å².